The maximum absolute atomic E-state index is 12.1. The number of carbonyl (C=O) groups excluding carboxylic acids is 1. The summed E-state index contributed by atoms with van der Waals surface area (Å²) in [5.74, 6) is 0.119. The average molecular weight is 256 g/mol. The van der Waals surface area contributed by atoms with Gasteiger partial charge in [0.2, 0.25) is 5.91 Å². The molecule has 1 N–H and O–H groups in total. The zero-order chi connectivity index (χ0) is 12.8. The third kappa shape index (κ3) is 4.23. The molecule has 0 aromatic heterocycles. The smallest absolute Gasteiger partial charge is 0.248 e. The number of rotatable bonds is 7. The Morgan fingerprint density at radius 1 is 1.28 bits per heavy atom. The highest BCUT2D eigenvalue weighted by Crippen LogP contribution is 2.26. The minimum absolute atomic E-state index is 0.119. The summed E-state index contributed by atoms with van der Waals surface area (Å²) in [5, 5.41) is 3.29. The molecule has 0 spiro atoms. The predicted octanol–water partition coefficient (Wildman–Crippen LogP) is 0.392. The number of amides is 1. The normalized spacial score (nSPS) is 20.9. The molecule has 18 heavy (non-hydrogen) atoms. The largest absolute Gasteiger partial charge is 0.383 e. The average Bonchev–Trinajstić information content (AvgIpc) is 3.22. The van der Waals surface area contributed by atoms with Gasteiger partial charge in [0.1, 0.15) is 6.61 Å². The molecule has 1 saturated heterocycles. The highest BCUT2D eigenvalue weighted by Gasteiger charge is 2.32. The zero-order valence-electron chi connectivity index (χ0n) is 11.2. The predicted molar refractivity (Wildman–Crippen MR) is 68.5 cm³/mol. The van der Waals surface area contributed by atoms with Crippen LogP contribution in [0.4, 0.5) is 0 Å². The molecule has 104 valence electrons. The highest BCUT2D eigenvalue weighted by atomic mass is 16.5. The van der Waals surface area contributed by atoms with Crippen molar-refractivity contribution in [2.75, 3.05) is 40.0 Å². The first-order valence-corrected chi connectivity index (χ1v) is 6.92. The van der Waals surface area contributed by atoms with Gasteiger partial charge in [-0.15, -0.1) is 0 Å². The van der Waals surface area contributed by atoms with E-state index in [2.05, 4.69) is 5.32 Å². The zero-order valence-corrected chi connectivity index (χ0v) is 11.2. The highest BCUT2D eigenvalue weighted by molar-refractivity contribution is 5.78. The van der Waals surface area contributed by atoms with Crippen molar-refractivity contribution in [2.24, 2.45) is 0 Å². The van der Waals surface area contributed by atoms with Crippen molar-refractivity contribution in [3.8, 4) is 0 Å². The second kappa shape index (κ2) is 7.07. The van der Waals surface area contributed by atoms with E-state index < -0.39 is 0 Å². The summed E-state index contributed by atoms with van der Waals surface area (Å²) in [6, 6.07) is 0.435. The van der Waals surface area contributed by atoms with Gasteiger partial charge in [-0.1, -0.05) is 0 Å². The SMILES string of the molecule is COCCN(C(=O)COC1CCNCC1)C1CC1. The number of piperidine rings is 1. The number of carbonyl (C=O) groups is 1. The van der Waals surface area contributed by atoms with Crippen LogP contribution >= 0.6 is 0 Å². The van der Waals surface area contributed by atoms with Crippen molar-refractivity contribution in [3.05, 3.63) is 0 Å². The van der Waals surface area contributed by atoms with E-state index in [9.17, 15) is 4.79 Å². The third-order valence-corrected chi connectivity index (χ3v) is 3.57. The Kier molecular flexibility index (Phi) is 5.41. The van der Waals surface area contributed by atoms with Crippen LogP contribution in [0.5, 0.6) is 0 Å². The lowest BCUT2D eigenvalue weighted by molar-refractivity contribution is -0.140. The second-order valence-electron chi connectivity index (χ2n) is 5.07. The summed E-state index contributed by atoms with van der Waals surface area (Å²) >= 11 is 0. The molecule has 0 aromatic rings. The summed E-state index contributed by atoms with van der Waals surface area (Å²) in [4.78, 5) is 14.0. The van der Waals surface area contributed by atoms with Gasteiger partial charge in [-0.25, -0.2) is 0 Å². The monoisotopic (exact) mass is 256 g/mol. The molecular formula is C13H24N2O3. The number of hydrogen-bond acceptors (Lipinski definition) is 4. The number of nitrogens with zero attached hydrogens (tertiary/aromatic N) is 1. The van der Waals surface area contributed by atoms with Gasteiger partial charge >= 0.3 is 0 Å². The number of methoxy groups -OCH3 is 1. The Bertz CT molecular complexity index is 263. The fourth-order valence-electron chi connectivity index (χ4n) is 2.32. The Labute approximate surface area is 109 Å². The van der Waals surface area contributed by atoms with E-state index in [1.807, 2.05) is 4.90 Å². The van der Waals surface area contributed by atoms with Crippen LogP contribution in [0, 0.1) is 0 Å². The van der Waals surface area contributed by atoms with Crippen molar-refractivity contribution in [1.82, 2.24) is 10.2 Å². The van der Waals surface area contributed by atoms with Gasteiger partial charge in [-0.3, -0.25) is 4.79 Å². The molecular weight excluding hydrogens is 232 g/mol. The molecule has 1 aliphatic heterocycles. The van der Waals surface area contributed by atoms with Gasteiger partial charge in [0.15, 0.2) is 0 Å². The third-order valence-electron chi connectivity index (χ3n) is 3.57. The van der Waals surface area contributed by atoms with Gasteiger partial charge in [0, 0.05) is 19.7 Å². The maximum atomic E-state index is 12.1. The second-order valence-corrected chi connectivity index (χ2v) is 5.07. The molecule has 2 rings (SSSR count). The lowest BCUT2D eigenvalue weighted by Crippen LogP contribution is -2.40. The molecule has 5 nitrogen and oxygen atoms in total. The summed E-state index contributed by atoms with van der Waals surface area (Å²) in [6.07, 6.45) is 4.52. The van der Waals surface area contributed by atoms with Crippen molar-refractivity contribution in [1.29, 1.82) is 0 Å². The van der Waals surface area contributed by atoms with Gasteiger partial charge in [0.05, 0.1) is 12.7 Å². The molecule has 1 aliphatic carbocycles. The Hall–Kier alpha value is -0.650. The van der Waals surface area contributed by atoms with E-state index in [4.69, 9.17) is 9.47 Å². The van der Waals surface area contributed by atoms with Gasteiger partial charge in [-0.05, 0) is 38.8 Å². The lowest BCUT2D eigenvalue weighted by Gasteiger charge is -2.26. The standard InChI is InChI=1S/C13H24N2O3/c1-17-9-8-15(11-2-3-11)13(16)10-18-12-4-6-14-7-5-12/h11-12,14H,2-10H2,1H3. The lowest BCUT2D eigenvalue weighted by atomic mass is 10.1. The van der Waals surface area contributed by atoms with Crippen molar-refractivity contribution in [3.63, 3.8) is 0 Å². The molecule has 0 bridgehead atoms. The maximum Gasteiger partial charge on any atom is 0.248 e. The van der Waals surface area contributed by atoms with Crippen molar-refractivity contribution in [2.45, 2.75) is 37.8 Å². The van der Waals surface area contributed by atoms with Crippen LogP contribution in [-0.4, -0.2) is 62.9 Å². The van der Waals surface area contributed by atoms with Crippen LogP contribution in [0.2, 0.25) is 0 Å². The summed E-state index contributed by atoms with van der Waals surface area (Å²) in [6.45, 7) is 3.51. The summed E-state index contributed by atoms with van der Waals surface area (Å²) in [5.41, 5.74) is 0. The topological polar surface area (TPSA) is 50.8 Å². The Morgan fingerprint density at radius 2 is 2.00 bits per heavy atom. The molecule has 1 amide bonds. The minimum atomic E-state index is 0.119. The van der Waals surface area contributed by atoms with Crippen LogP contribution in [0.3, 0.4) is 0 Å². The molecule has 1 heterocycles. The molecule has 0 unspecified atom stereocenters. The van der Waals surface area contributed by atoms with Gasteiger partial charge in [0.25, 0.3) is 0 Å². The summed E-state index contributed by atoms with van der Waals surface area (Å²) in [7, 11) is 1.67. The molecule has 5 heteroatoms. The van der Waals surface area contributed by atoms with Crippen LogP contribution in [-0.2, 0) is 14.3 Å². The fraction of sp³-hybridized carbons (Fsp3) is 0.923. The number of nitrogens with one attached hydrogen (secondary N) is 1. The fourth-order valence-corrected chi connectivity index (χ4v) is 2.32. The van der Waals surface area contributed by atoms with Crippen molar-refractivity contribution >= 4 is 5.91 Å². The van der Waals surface area contributed by atoms with E-state index in [0.717, 1.165) is 38.8 Å². The quantitative estimate of drug-likeness (QED) is 0.716. The molecule has 0 aromatic carbocycles. The van der Waals surface area contributed by atoms with Crippen LogP contribution in [0.1, 0.15) is 25.7 Å². The van der Waals surface area contributed by atoms with E-state index in [1.165, 1.54) is 0 Å². The number of hydrogen-bond donors (Lipinski definition) is 1. The van der Waals surface area contributed by atoms with Gasteiger partial charge in [-0.2, -0.15) is 0 Å². The van der Waals surface area contributed by atoms with E-state index in [0.29, 0.717) is 19.2 Å². The van der Waals surface area contributed by atoms with Crippen LogP contribution < -0.4 is 5.32 Å². The first-order chi connectivity index (χ1) is 8.81. The van der Waals surface area contributed by atoms with Crippen LogP contribution in [0.15, 0.2) is 0 Å². The molecule has 0 radical (unpaired) electrons. The van der Waals surface area contributed by atoms with E-state index in [-0.39, 0.29) is 18.6 Å². The first-order valence-electron chi connectivity index (χ1n) is 6.92. The molecule has 2 fully saturated rings. The van der Waals surface area contributed by atoms with Crippen molar-refractivity contribution < 1.29 is 14.3 Å². The summed E-state index contributed by atoms with van der Waals surface area (Å²) < 4.78 is 10.8. The molecule has 1 saturated carbocycles. The van der Waals surface area contributed by atoms with Gasteiger partial charge < -0.3 is 19.7 Å². The van der Waals surface area contributed by atoms with E-state index >= 15 is 0 Å². The molecule has 2 aliphatic rings. The minimum Gasteiger partial charge on any atom is -0.383 e. The van der Waals surface area contributed by atoms with E-state index in [1.54, 1.807) is 7.11 Å². The molecule has 0 atom stereocenters. The van der Waals surface area contributed by atoms with Crippen LogP contribution in [0.25, 0.3) is 0 Å². The Balaban J connectivity index is 1.70. The first kappa shape index (κ1) is 13.8. The number of ether oxygens (including phenoxy) is 2. The Morgan fingerprint density at radius 3 is 2.61 bits per heavy atom.